The Kier molecular flexibility index (Phi) is 11.6. The van der Waals surface area contributed by atoms with Gasteiger partial charge in [0.1, 0.15) is 5.82 Å². The Balaban J connectivity index is 0.00000341. The average Bonchev–Trinajstić information content (AvgIpc) is 2.78. The molecule has 1 aliphatic carbocycles. The largest absolute Gasteiger partial charge is 0.357 e. The number of nitrogens with one attached hydrogen (secondary N) is 2. The van der Waals surface area contributed by atoms with Gasteiger partial charge in [-0.3, -0.25) is 4.21 Å². The molecule has 31 heavy (non-hydrogen) atoms. The summed E-state index contributed by atoms with van der Waals surface area (Å²) in [6, 6.07) is 4.63. The lowest BCUT2D eigenvalue weighted by molar-refractivity contribution is 0.413. The highest BCUT2D eigenvalue weighted by Crippen LogP contribution is 2.23. The number of hydrogen-bond donors (Lipinski definition) is 2. The average molecular weight is 562 g/mol. The van der Waals surface area contributed by atoms with Crippen LogP contribution in [0.25, 0.3) is 0 Å². The van der Waals surface area contributed by atoms with E-state index in [2.05, 4.69) is 46.5 Å². The Hall–Kier alpha value is -0.900. The molecule has 0 radical (unpaired) electrons. The fraction of sp³-hybridized carbons (Fsp3) is 0.739. The van der Waals surface area contributed by atoms with Gasteiger partial charge in [-0.15, -0.1) is 24.0 Å². The number of piperidine rings is 1. The molecule has 2 N–H and O–H groups in total. The molecular formula is C23H40IN5OS. The van der Waals surface area contributed by atoms with Gasteiger partial charge in [-0.1, -0.05) is 26.3 Å². The van der Waals surface area contributed by atoms with Gasteiger partial charge in [-0.2, -0.15) is 0 Å². The molecule has 1 aliphatic heterocycles. The first kappa shape index (κ1) is 26.4. The van der Waals surface area contributed by atoms with E-state index in [0.717, 1.165) is 74.3 Å². The van der Waals surface area contributed by atoms with E-state index in [0.29, 0.717) is 17.8 Å². The van der Waals surface area contributed by atoms with Crippen LogP contribution >= 0.6 is 24.0 Å². The quantitative estimate of drug-likeness (QED) is 0.299. The Morgan fingerprint density at radius 3 is 2.65 bits per heavy atom. The van der Waals surface area contributed by atoms with Gasteiger partial charge < -0.3 is 15.5 Å². The summed E-state index contributed by atoms with van der Waals surface area (Å²) in [4.78, 5) is 11.9. The monoisotopic (exact) mass is 561 g/mol. The number of aliphatic imine (C=N–C) groups is 1. The lowest BCUT2D eigenvalue weighted by Crippen LogP contribution is -2.46. The smallest absolute Gasteiger partial charge is 0.191 e. The number of hydrogen-bond acceptors (Lipinski definition) is 4. The SMILES string of the molecule is CCNC(=NCc1ccc(N2CCC(C)CC2)nc1)NC1CCCC(S(=O)CC)C1.I. The van der Waals surface area contributed by atoms with Crippen LogP contribution in [-0.4, -0.2) is 51.8 Å². The fourth-order valence-corrected chi connectivity index (χ4v) is 5.72. The van der Waals surface area contributed by atoms with Crippen LogP contribution < -0.4 is 15.5 Å². The van der Waals surface area contributed by atoms with Gasteiger partial charge in [-0.25, -0.2) is 9.98 Å². The van der Waals surface area contributed by atoms with Crippen molar-refractivity contribution >= 4 is 46.6 Å². The summed E-state index contributed by atoms with van der Waals surface area (Å²) in [5, 5.41) is 7.26. The maximum Gasteiger partial charge on any atom is 0.191 e. The molecule has 3 unspecified atom stereocenters. The second kappa shape index (κ2) is 13.6. The van der Waals surface area contributed by atoms with Crippen molar-refractivity contribution in [3.8, 4) is 0 Å². The lowest BCUT2D eigenvalue weighted by atomic mass is 9.95. The second-order valence-corrected chi connectivity index (χ2v) is 10.7. The molecule has 2 fully saturated rings. The topological polar surface area (TPSA) is 69.6 Å². The van der Waals surface area contributed by atoms with Crippen molar-refractivity contribution in [2.75, 3.05) is 30.3 Å². The number of anilines is 1. The molecule has 176 valence electrons. The number of guanidine groups is 1. The predicted molar refractivity (Wildman–Crippen MR) is 143 cm³/mol. The second-order valence-electron chi connectivity index (χ2n) is 8.69. The molecule has 6 nitrogen and oxygen atoms in total. The maximum atomic E-state index is 12.2. The zero-order valence-corrected chi connectivity index (χ0v) is 22.5. The van der Waals surface area contributed by atoms with Gasteiger partial charge in [0.15, 0.2) is 5.96 Å². The molecule has 1 saturated carbocycles. The van der Waals surface area contributed by atoms with Gasteiger partial charge >= 0.3 is 0 Å². The van der Waals surface area contributed by atoms with Crippen LogP contribution in [-0.2, 0) is 17.3 Å². The molecule has 8 heteroatoms. The van der Waals surface area contributed by atoms with Gasteiger partial charge in [0.05, 0.1) is 6.54 Å². The third kappa shape index (κ3) is 8.18. The molecular weight excluding hydrogens is 521 g/mol. The van der Waals surface area contributed by atoms with Gasteiger partial charge in [0.25, 0.3) is 0 Å². The molecule has 0 amide bonds. The van der Waals surface area contributed by atoms with E-state index in [1.807, 2.05) is 13.1 Å². The van der Waals surface area contributed by atoms with Crippen molar-refractivity contribution in [3.05, 3.63) is 23.9 Å². The van der Waals surface area contributed by atoms with Crippen molar-refractivity contribution in [1.29, 1.82) is 0 Å². The highest BCUT2D eigenvalue weighted by Gasteiger charge is 2.26. The summed E-state index contributed by atoms with van der Waals surface area (Å²) < 4.78 is 12.2. The first-order chi connectivity index (χ1) is 14.6. The predicted octanol–water partition coefficient (Wildman–Crippen LogP) is 4.07. The molecule has 3 rings (SSSR count). The number of nitrogens with zero attached hydrogens (tertiary/aromatic N) is 3. The van der Waals surface area contributed by atoms with Crippen LogP contribution in [0.4, 0.5) is 5.82 Å². The fourth-order valence-electron chi connectivity index (χ4n) is 4.37. The molecule has 1 saturated heterocycles. The molecule has 0 aromatic carbocycles. The molecule has 1 aromatic rings. The highest BCUT2D eigenvalue weighted by molar-refractivity contribution is 14.0. The Morgan fingerprint density at radius 1 is 1.23 bits per heavy atom. The lowest BCUT2D eigenvalue weighted by Gasteiger charge is -2.31. The Labute approximate surface area is 207 Å². The van der Waals surface area contributed by atoms with Crippen LogP contribution in [0.3, 0.4) is 0 Å². The summed E-state index contributed by atoms with van der Waals surface area (Å²) in [5.74, 6) is 3.51. The van der Waals surface area contributed by atoms with Crippen LogP contribution in [0.1, 0.15) is 64.9 Å². The van der Waals surface area contributed by atoms with Gasteiger partial charge in [0.2, 0.25) is 0 Å². The molecule has 1 aromatic heterocycles. The summed E-state index contributed by atoms with van der Waals surface area (Å²) in [6.45, 7) is 10.1. The van der Waals surface area contributed by atoms with Crippen LogP contribution in [0, 0.1) is 5.92 Å². The summed E-state index contributed by atoms with van der Waals surface area (Å²) in [6.07, 6.45) is 8.76. The summed E-state index contributed by atoms with van der Waals surface area (Å²) in [5.41, 5.74) is 1.12. The maximum absolute atomic E-state index is 12.2. The molecule has 0 spiro atoms. The van der Waals surface area contributed by atoms with Crippen LogP contribution in [0.5, 0.6) is 0 Å². The first-order valence-corrected chi connectivity index (χ1v) is 13.1. The number of halogens is 1. The van der Waals surface area contributed by atoms with Crippen molar-refractivity contribution < 1.29 is 4.21 Å². The number of pyridine rings is 1. The van der Waals surface area contributed by atoms with Crippen molar-refractivity contribution in [1.82, 2.24) is 15.6 Å². The van der Waals surface area contributed by atoms with E-state index >= 15 is 0 Å². The number of aromatic nitrogens is 1. The van der Waals surface area contributed by atoms with Gasteiger partial charge in [-0.05, 0) is 56.6 Å². The Morgan fingerprint density at radius 2 is 2.00 bits per heavy atom. The van der Waals surface area contributed by atoms with Gasteiger partial charge in [0, 0.05) is 53.7 Å². The zero-order chi connectivity index (χ0) is 21.3. The normalized spacial score (nSPS) is 23.7. The molecule has 3 atom stereocenters. The van der Waals surface area contributed by atoms with Crippen molar-refractivity contribution in [2.24, 2.45) is 10.9 Å². The Bertz CT molecular complexity index is 706. The molecule has 0 bridgehead atoms. The standard InChI is InChI=1S/C23H39N5OS.HI/c1-4-24-23(27-20-7-6-8-21(15-20)30(29)5-2)26-17-19-9-10-22(25-16-19)28-13-11-18(3)12-14-28;/h9-10,16,18,20-21H,4-8,11-15,17H2,1-3H3,(H2,24,26,27);1H. The first-order valence-electron chi connectivity index (χ1n) is 11.7. The van der Waals surface area contributed by atoms with Crippen LogP contribution in [0.2, 0.25) is 0 Å². The van der Waals surface area contributed by atoms with E-state index in [1.54, 1.807) is 0 Å². The molecule has 2 heterocycles. The summed E-state index contributed by atoms with van der Waals surface area (Å²) in [7, 11) is -0.705. The van der Waals surface area contributed by atoms with E-state index in [-0.39, 0.29) is 24.0 Å². The van der Waals surface area contributed by atoms with E-state index in [9.17, 15) is 4.21 Å². The van der Waals surface area contributed by atoms with Crippen LogP contribution in [0.15, 0.2) is 23.3 Å². The van der Waals surface area contributed by atoms with E-state index in [1.165, 1.54) is 12.8 Å². The molecule has 2 aliphatic rings. The third-order valence-corrected chi connectivity index (χ3v) is 8.04. The van der Waals surface area contributed by atoms with E-state index in [4.69, 9.17) is 4.99 Å². The van der Waals surface area contributed by atoms with Crippen molar-refractivity contribution in [2.45, 2.75) is 77.1 Å². The minimum Gasteiger partial charge on any atom is -0.357 e. The zero-order valence-electron chi connectivity index (χ0n) is 19.3. The summed E-state index contributed by atoms with van der Waals surface area (Å²) >= 11 is 0. The van der Waals surface area contributed by atoms with Crippen molar-refractivity contribution in [3.63, 3.8) is 0 Å². The minimum atomic E-state index is -0.705. The highest BCUT2D eigenvalue weighted by atomic mass is 127. The third-order valence-electron chi connectivity index (χ3n) is 6.30. The van der Waals surface area contributed by atoms with E-state index < -0.39 is 10.8 Å². The minimum absolute atomic E-state index is 0. The number of rotatable bonds is 7.